The number of thiazole rings is 1. The minimum atomic E-state index is -0.140. The maximum Gasteiger partial charge on any atom is 0.226 e. The molecule has 5 rings (SSSR count). The smallest absolute Gasteiger partial charge is 0.226 e. The van der Waals surface area contributed by atoms with Gasteiger partial charge in [0, 0.05) is 17.9 Å². The second-order valence-corrected chi connectivity index (χ2v) is 9.03. The van der Waals surface area contributed by atoms with Crippen LogP contribution >= 0.6 is 34.5 Å². The molecule has 0 aliphatic carbocycles. The Bertz CT molecular complexity index is 1290. The van der Waals surface area contributed by atoms with E-state index in [-0.39, 0.29) is 11.8 Å². The number of fused-ring (bicyclic) bond motifs is 2. The topological polar surface area (TPSA) is 59.8 Å². The Labute approximate surface area is 181 Å². The van der Waals surface area contributed by atoms with Gasteiger partial charge in [-0.15, -0.1) is 0 Å². The summed E-state index contributed by atoms with van der Waals surface area (Å²) in [7, 11) is 0. The van der Waals surface area contributed by atoms with Crippen LogP contribution in [0.15, 0.2) is 36.4 Å². The summed E-state index contributed by atoms with van der Waals surface area (Å²) in [6.45, 7) is 4.01. The molecule has 8 heteroatoms. The summed E-state index contributed by atoms with van der Waals surface area (Å²) in [6.07, 6.45) is 0.330. The predicted molar refractivity (Wildman–Crippen MR) is 118 cm³/mol. The van der Waals surface area contributed by atoms with Gasteiger partial charge in [0.05, 0.1) is 26.0 Å². The van der Waals surface area contributed by atoms with E-state index in [0.717, 1.165) is 32.2 Å². The van der Waals surface area contributed by atoms with Crippen molar-refractivity contribution in [3.05, 3.63) is 68.8 Å². The maximum absolute atomic E-state index is 12.5. The highest BCUT2D eigenvalue weighted by Crippen LogP contribution is 2.42. The fourth-order valence-corrected chi connectivity index (χ4v) is 5.14. The molecular formula is C21H16Cl2N4OS. The quantitative estimate of drug-likeness (QED) is 0.421. The van der Waals surface area contributed by atoms with Crippen LogP contribution in [0.5, 0.6) is 0 Å². The Hall–Kier alpha value is -2.41. The van der Waals surface area contributed by atoms with Crippen LogP contribution in [0.25, 0.3) is 15.3 Å². The van der Waals surface area contributed by atoms with Crippen LogP contribution < -0.4 is 5.32 Å². The van der Waals surface area contributed by atoms with Crippen LogP contribution in [0.3, 0.4) is 0 Å². The molecule has 29 heavy (non-hydrogen) atoms. The third kappa shape index (κ3) is 3.12. The molecule has 1 aliphatic heterocycles. The van der Waals surface area contributed by atoms with Crippen LogP contribution in [-0.2, 0) is 4.79 Å². The standard InChI is InChI=1S/C21H16Cl2N4OS/c1-10-3-6-16-17(7-10)29-21(24-16)27-20-19(11(2)26-27)13(9-18(28)25-20)12-4-5-14(22)15(23)8-12/h3-8,13H,9H2,1-2H3,(H,25,28). The summed E-state index contributed by atoms with van der Waals surface area (Å²) in [5.41, 5.74) is 4.88. The van der Waals surface area contributed by atoms with Crippen LogP contribution in [0.1, 0.15) is 34.7 Å². The Morgan fingerprint density at radius 2 is 1.97 bits per heavy atom. The molecule has 0 saturated carbocycles. The number of rotatable bonds is 2. The molecule has 2 aromatic heterocycles. The van der Waals surface area contributed by atoms with E-state index in [2.05, 4.69) is 18.3 Å². The molecule has 1 amide bonds. The molecule has 0 bridgehead atoms. The number of nitrogens with one attached hydrogen (secondary N) is 1. The van der Waals surface area contributed by atoms with Crippen molar-refractivity contribution in [3.8, 4) is 5.13 Å². The second-order valence-electron chi connectivity index (χ2n) is 7.21. The van der Waals surface area contributed by atoms with Gasteiger partial charge in [-0.1, -0.05) is 46.7 Å². The minimum Gasteiger partial charge on any atom is -0.310 e. The highest BCUT2D eigenvalue weighted by Gasteiger charge is 2.33. The summed E-state index contributed by atoms with van der Waals surface area (Å²) in [5, 5.41) is 9.42. The number of aromatic nitrogens is 3. The number of carbonyl (C=O) groups excluding carboxylic acids is 1. The average molecular weight is 443 g/mol. The summed E-state index contributed by atoms with van der Waals surface area (Å²) < 4.78 is 2.83. The molecular weight excluding hydrogens is 427 g/mol. The number of amides is 1. The zero-order chi connectivity index (χ0) is 20.3. The van der Waals surface area contributed by atoms with Gasteiger partial charge in [-0.05, 0) is 49.2 Å². The van der Waals surface area contributed by atoms with Crippen molar-refractivity contribution < 1.29 is 4.79 Å². The number of aryl methyl sites for hydroxylation is 2. The third-order valence-corrected chi connectivity index (χ3v) is 6.90. The molecule has 1 unspecified atom stereocenters. The molecule has 3 heterocycles. The first kappa shape index (κ1) is 18.6. The number of anilines is 1. The van der Waals surface area contributed by atoms with E-state index in [0.29, 0.717) is 22.3 Å². The summed E-state index contributed by atoms with van der Waals surface area (Å²) in [5.74, 6) is 0.469. The van der Waals surface area contributed by atoms with Crippen molar-refractivity contribution >= 4 is 56.5 Å². The van der Waals surface area contributed by atoms with Crippen molar-refractivity contribution in [3.63, 3.8) is 0 Å². The lowest BCUT2D eigenvalue weighted by Gasteiger charge is -2.24. The Morgan fingerprint density at radius 1 is 1.14 bits per heavy atom. The van der Waals surface area contributed by atoms with Gasteiger partial charge in [-0.2, -0.15) is 9.78 Å². The van der Waals surface area contributed by atoms with E-state index in [9.17, 15) is 4.79 Å². The number of benzene rings is 2. The molecule has 0 saturated heterocycles. The Morgan fingerprint density at radius 3 is 2.76 bits per heavy atom. The molecule has 1 aliphatic rings. The first-order chi connectivity index (χ1) is 13.9. The summed E-state index contributed by atoms with van der Waals surface area (Å²) in [6, 6.07) is 11.7. The number of carbonyl (C=O) groups is 1. The Kier molecular flexibility index (Phi) is 4.38. The lowest BCUT2D eigenvalue weighted by Crippen LogP contribution is -2.24. The summed E-state index contributed by atoms with van der Waals surface area (Å²) >= 11 is 13.9. The largest absolute Gasteiger partial charge is 0.310 e. The van der Waals surface area contributed by atoms with Gasteiger partial charge in [0.25, 0.3) is 0 Å². The van der Waals surface area contributed by atoms with Crippen molar-refractivity contribution in [2.75, 3.05) is 5.32 Å². The van der Waals surface area contributed by atoms with Crippen LogP contribution in [0, 0.1) is 13.8 Å². The molecule has 0 radical (unpaired) electrons. The minimum absolute atomic E-state index is 0.0633. The molecule has 1 N–H and O–H groups in total. The molecule has 4 aromatic rings. The molecule has 146 valence electrons. The van der Waals surface area contributed by atoms with Crippen LogP contribution in [0.4, 0.5) is 5.82 Å². The van der Waals surface area contributed by atoms with Crippen molar-refractivity contribution in [2.24, 2.45) is 0 Å². The summed E-state index contributed by atoms with van der Waals surface area (Å²) in [4.78, 5) is 17.3. The molecule has 1 atom stereocenters. The average Bonchev–Trinajstić information content (AvgIpc) is 3.24. The fourth-order valence-electron chi connectivity index (χ4n) is 3.81. The van der Waals surface area contributed by atoms with Gasteiger partial charge >= 0.3 is 0 Å². The van der Waals surface area contributed by atoms with E-state index in [1.165, 1.54) is 5.56 Å². The van der Waals surface area contributed by atoms with E-state index < -0.39 is 0 Å². The number of halogens is 2. The molecule has 0 fully saturated rings. The van der Waals surface area contributed by atoms with Crippen molar-refractivity contribution in [1.82, 2.24) is 14.8 Å². The van der Waals surface area contributed by atoms with E-state index in [1.54, 1.807) is 22.1 Å². The fraction of sp³-hybridized carbons (Fsp3) is 0.190. The molecule has 0 spiro atoms. The zero-order valence-electron chi connectivity index (χ0n) is 15.7. The predicted octanol–water partition coefficient (Wildman–Crippen LogP) is 5.88. The first-order valence-electron chi connectivity index (χ1n) is 9.12. The SMILES string of the molecule is Cc1ccc2nc(-n3nc(C)c4c3NC(=O)CC4c3ccc(Cl)c(Cl)c3)sc2c1. The van der Waals surface area contributed by atoms with Gasteiger partial charge in [0.15, 0.2) is 0 Å². The van der Waals surface area contributed by atoms with E-state index in [1.807, 2.05) is 31.2 Å². The van der Waals surface area contributed by atoms with Gasteiger partial charge in [-0.25, -0.2) is 4.98 Å². The first-order valence-corrected chi connectivity index (χ1v) is 10.7. The molecule has 2 aromatic carbocycles. The highest BCUT2D eigenvalue weighted by atomic mass is 35.5. The normalized spacial score (nSPS) is 16.1. The van der Waals surface area contributed by atoms with Crippen LogP contribution in [-0.4, -0.2) is 20.7 Å². The van der Waals surface area contributed by atoms with Gasteiger partial charge in [-0.3, -0.25) is 4.79 Å². The zero-order valence-corrected chi connectivity index (χ0v) is 18.0. The second kappa shape index (κ2) is 6.83. The van der Waals surface area contributed by atoms with Gasteiger partial charge in [0.1, 0.15) is 5.82 Å². The number of nitrogens with zero attached hydrogens (tertiary/aromatic N) is 3. The van der Waals surface area contributed by atoms with Gasteiger partial charge < -0.3 is 5.32 Å². The van der Waals surface area contributed by atoms with Crippen molar-refractivity contribution in [2.45, 2.75) is 26.2 Å². The maximum atomic E-state index is 12.5. The number of hydrogen-bond acceptors (Lipinski definition) is 4. The lowest BCUT2D eigenvalue weighted by molar-refractivity contribution is -0.116. The van der Waals surface area contributed by atoms with Crippen LogP contribution in [0.2, 0.25) is 10.0 Å². The Balaban J connectivity index is 1.67. The monoisotopic (exact) mass is 442 g/mol. The number of hydrogen-bond donors (Lipinski definition) is 1. The van der Waals surface area contributed by atoms with E-state index >= 15 is 0 Å². The third-order valence-electron chi connectivity index (χ3n) is 5.16. The molecule has 5 nitrogen and oxygen atoms in total. The highest BCUT2D eigenvalue weighted by molar-refractivity contribution is 7.20. The van der Waals surface area contributed by atoms with E-state index in [4.69, 9.17) is 33.3 Å². The lowest BCUT2D eigenvalue weighted by atomic mass is 9.86. The van der Waals surface area contributed by atoms with Gasteiger partial charge in [0.2, 0.25) is 11.0 Å². The van der Waals surface area contributed by atoms with Crippen molar-refractivity contribution in [1.29, 1.82) is 0 Å².